The molecule has 2 N–H and O–H groups in total. The zero-order valence-corrected chi connectivity index (χ0v) is 10.2. The van der Waals surface area contributed by atoms with E-state index in [0.717, 1.165) is 19.6 Å². The fraction of sp³-hybridized carbons (Fsp3) is 1.00. The second-order valence-corrected chi connectivity index (χ2v) is 5.97. The standard InChI is InChI=1S/C9H20N2O3S/c1-8-6-11(7-9(2)14-8)4-3-5-15(10,12)13/h8-9H,3-7H2,1-2H3,(H2,10,12,13). The Morgan fingerprint density at radius 1 is 1.33 bits per heavy atom. The van der Waals surface area contributed by atoms with Gasteiger partial charge in [0.1, 0.15) is 0 Å². The molecule has 1 aliphatic rings. The van der Waals surface area contributed by atoms with Crippen molar-refractivity contribution in [2.75, 3.05) is 25.4 Å². The van der Waals surface area contributed by atoms with Crippen LogP contribution in [0.4, 0.5) is 0 Å². The van der Waals surface area contributed by atoms with Crippen LogP contribution in [0.2, 0.25) is 0 Å². The summed E-state index contributed by atoms with van der Waals surface area (Å²) in [6.07, 6.45) is 1.05. The average Bonchev–Trinajstić information content (AvgIpc) is 1.99. The van der Waals surface area contributed by atoms with Gasteiger partial charge >= 0.3 is 0 Å². The molecule has 0 aliphatic carbocycles. The molecule has 6 heteroatoms. The lowest BCUT2D eigenvalue weighted by atomic mass is 10.2. The van der Waals surface area contributed by atoms with E-state index in [1.807, 2.05) is 13.8 Å². The molecule has 0 aromatic heterocycles. The van der Waals surface area contributed by atoms with Crippen LogP contribution in [0.3, 0.4) is 0 Å². The Morgan fingerprint density at radius 3 is 2.33 bits per heavy atom. The molecule has 2 unspecified atom stereocenters. The Bertz CT molecular complexity index is 282. The van der Waals surface area contributed by atoms with Gasteiger partial charge in [0, 0.05) is 13.1 Å². The summed E-state index contributed by atoms with van der Waals surface area (Å²) in [5.41, 5.74) is 0. The van der Waals surface area contributed by atoms with Gasteiger partial charge in [0.05, 0.1) is 18.0 Å². The van der Waals surface area contributed by atoms with Crippen LogP contribution in [-0.2, 0) is 14.8 Å². The van der Waals surface area contributed by atoms with Gasteiger partial charge in [0.15, 0.2) is 0 Å². The summed E-state index contributed by atoms with van der Waals surface area (Å²) in [6.45, 7) is 6.57. The number of nitrogens with zero attached hydrogens (tertiary/aromatic N) is 1. The van der Waals surface area contributed by atoms with Crippen molar-refractivity contribution in [3.63, 3.8) is 0 Å². The zero-order valence-electron chi connectivity index (χ0n) is 9.35. The van der Waals surface area contributed by atoms with Crippen molar-refractivity contribution in [1.29, 1.82) is 0 Å². The second kappa shape index (κ2) is 5.25. The maximum Gasteiger partial charge on any atom is 0.209 e. The maximum atomic E-state index is 10.7. The van der Waals surface area contributed by atoms with Crippen LogP contribution < -0.4 is 5.14 Å². The molecule has 0 spiro atoms. The third-order valence-corrected chi connectivity index (χ3v) is 3.26. The lowest BCUT2D eigenvalue weighted by Crippen LogP contribution is -2.46. The number of hydrogen-bond acceptors (Lipinski definition) is 4. The smallest absolute Gasteiger partial charge is 0.209 e. The molecule has 2 atom stereocenters. The Balaban J connectivity index is 2.26. The number of sulfonamides is 1. The Kier molecular flexibility index (Phi) is 4.51. The van der Waals surface area contributed by atoms with Gasteiger partial charge in [0.25, 0.3) is 0 Å². The lowest BCUT2D eigenvalue weighted by Gasteiger charge is -2.35. The van der Waals surface area contributed by atoms with Crippen LogP contribution in [0.1, 0.15) is 20.3 Å². The zero-order chi connectivity index (χ0) is 11.5. The van der Waals surface area contributed by atoms with Gasteiger partial charge in [-0.05, 0) is 26.8 Å². The molecule has 0 saturated carbocycles. The van der Waals surface area contributed by atoms with Crippen LogP contribution in [0, 0.1) is 0 Å². The van der Waals surface area contributed by atoms with Gasteiger partial charge in [0.2, 0.25) is 10.0 Å². The normalized spacial score (nSPS) is 29.3. The van der Waals surface area contributed by atoms with Crippen LogP contribution in [0.15, 0.2) is 0 Å². The molecular formula is C9H20N2O3S. The van der Waals surface area contributed by atoms with E-state index < -0.39 is 10.0 Å². The number of ether oxygens (including phenoxy) is 1. The fourth-order valence-electron chi connectivity index (χ4n) is 1.96. The molecule has 0 aromatic rings. The summed E-state index contributed by atoms with van der Waals surface area (Å²) in [7, 11) is -3.31. The number of nitrogens with two attached hydrogens (primary N) is 1. The summed E-state index contributed by atoms with van der Waals surface area (Å²) in [4.78, 5) is 2.23. The van der Waals surface area contributed by atoms with Gasteiger partial charge in [-0.3, -0.25) is 4.90 Å². The molecule has 1 saturated heterocycles. The molecule has 1 heterocycles. The van der Waals surface area contributed by atoms with Crippen molar-refractivity contribution < 1.29 is 13.2 Å². The molecule has 5 nitrogen and oxygen atoms in total. The first-order valence-electron chi connectivity index (χ1n) is 5.25. The van der Waals surface area contributed by atoms with Crippen LogP contribution in [0.5, 0.6) is 0 Å². The number of hydrogen-bond donors (Lipinski definition) is 1. The first-order valence-corrected chi connectivity index (χ1v) is 6.96. The van der Waals surface area contributed by atoms with E-state index in [1.54, 1.807) is 0 Å². The predicted octanol–water partition coefficient (Wildman–Crippen LogP) is -0.226. The first kappa shape index (κ1) is 12.9. The van der Waals surface area contributed by atoms with Crippen molar-refractivity contribution in [3.8, 4) is 0 Å². The quantitative estimate of drug-likeness (QED) is 0.732. The van der Waals surface area contributed by atoms with Gasteiger partial charge in [-0.1, -0.05) is 0 Å². The molecule has 1 fully saturated rings. The van der Waals surface area contributed by atoms with Gasteiger partial charge in [-0.25, -0.2) is 13.6 Å². The fourth-order valence-corrected chi connectivity index (χ4v) is 2.49. The topological polar surface area (TPSA) is 72.6 Å². The summed E-state index contributed by atoms with van der Waals surface area (Å²) in [6, 6.07) is 0. The van der Waals surface area contributed by atoms with E-state index >= 15 is 0 Å². The Hall–Kier alpha value is -0.170. The van der Waals surface area contributed by atoms with E-state index in [1.165, 1.54) is 0 Å². The highest BCUT2D eigenvalue weighted by atomic mass is 32.2. The average molecular weight is 236 g/mol. The summed E-state index contributed by atoms with van der Waals surface area (Å²) in [5.74, 6) is 0.0626. The van der Waals surface area contributed by atoms with Crippen molar-refractivity contribution in [2.45, 2.75) is 32.5 Å². The monoisotopic (exact) mass is 236 g/mol. The molecule has 90 valence electrons. The second-order valence-electron chi connectivity index (χ2n) is 4.24. The van der Waals surface area contributed by atoms with Crippen molar-refractivity contribution in [3.05, 3.63) is 0 Å². The Labute approximate surface area is 91.6 Å². The molecule has 1 aliphatic heterocycles. The summed E-state index contributed by atoms with van der Waals surface area (Å²) in [5, 5.41) is 4.93. The van der Waals surface area contributed by atoms with Crippen molar-refractivity contribution in [1.82, 2.24) is 4.90 Å². The van der Waals surface area contributed by atoms with Crippen molar-refractivity contribution in [2.24, 2.45) is 5.14 Å². The van der Waals surface area contributed by atoms with Crippen LogP contribution in [0.25, 0.3) is 0 Å². The lowest BCUT2D eigenvalue weighted by molar-refractivity contribution is -0.0677. The highest BCUT2D eigenvalue weighted by Gasteiger charge is 2.21. The maximum absolute atomic E-state index is 10.7. The molecule has 0 amide bonds. The van der Waals surface area contributed by atoms with Gasteiger partial charge in [-0.15, -0.1) is 0 Å². The van der Waals surface area contributed by atoms with E-state index in [9.17, 15) is 8.42 Å². The summed E-state index contributed by atoms with van der Waals surface area (Å²) >= 11 is 0. The largest absolute Gasteiger partial charge is 0.373 e. The third-order valence-electron chi connectivity index (χ3n) is 2.40. The molecule has 0 bridgehead atoms. The molecule has 0 radical (unpaired) electrons. The molecule has 15 heavy (non-hydrogen) atoms. The minimum absolute atomic E-state index is 0.0626. The van der Waals surface area contributed by atoms with Crippen molar-refractivity contribution >= 4 is 10.0 Å². The molecular weight excluding hydrogens is 216 g/mol. The predicted molar refractivity (Wildman–Crippen MR) is 59.0 cm³/mol. The Morgan fingerprint density at radius 2 is 1.87 bits per heavy atom. The van der Waals surface area contributed by atoms with E-state index in [-0.39, 0.29) is 18.0 Å². The highest BCUT2D eigenvalue weighted by molar-refractivity contribution is 7.89. The highest BCUT2D eigenvalue weighted by Crippen LogP contribution is 2.10. The molecule has 0 aromatic carbocycles. The SMILES string of the molecule is CC1CN(CCCS(N)(=O)=O)CC(C)O1. The summed E-state index contributed by atoms with van der Waals surface area (Å²) < 4.78 is 27.1. The minimum Gasteiger partial charge on any atom is -0.373 e. The number of morpholine rings is 1. The number of primary sulfonamides is 1. The van der Waals surface area contributed by atoms with Gasteiger partial charge < -0.3 is 4.74 Å². The van der Waals surface area contributed by atoms with Crippen LogP contribution in [-0.4, -0.2) is 50.9 Å². The van der Waals surface area contributed by atoms with Crippen LogP contribution >= 0.6 is 0 Å². The van der Waals surface area contributed by atoms with Gasteiger partial charge in [-0.2, -0.15) is 0 Å². The van der Waals surface area contributed by atoms with E-state index in [0.29, 0.717) is 6.42 Å². The molecule has 1 rings (SSSR count). The number of rotatable bonds is 4. The van der Waals surface area contributed by atoms with E-state index in [2.05, 4.69) is 4.90 Å². The first-order chi connectivity index (χ1) is 6.87. The van der Waals surface area contributed by atoms with E-state index in [4.69, 9.17) is 9.88 Å². The third kappa shape index (κ3) is 5.46. The minimum atomic E-state index is -3.31.